The van der Waals surface area contributed by atoms with Crippen LogP contribution in [0, 0.1) is 0 Å². The maximum atomic E-state index is 11.6. The van der Waals surface area contributed by atoms with Crippen LogP contribution in [-0.2, 0) is 6.54 Å². The molecule has 0 bridgehead atoms. The highest BCUT2D eigenvalue weighted by atomic mass is 35.5. The Morgan fingerprint density at radius 2 is 1.79 bits per heavy atom. The molecular weight excluding hydrogens is 459 g/mol. The number of hydrazine groups is 1. The Labute approximate surface area is 201 Å². The number of fused-ring (bicyclic) bond motifs is 1. The molecule has 4 rings (SSSR count). The zero-order chi connectivity index (χ0) is 23.7. The Hall–Kier alpha value is -3.52. The number of primary amides is 1. The fourth-order valence-corrected chi connectivity index (χ4v) is 3.90. The van der Waals surface area contributed by atoms with Gasteiger partial charge in [-0.2, -0.15) is 0 Å². The number of allylic oxidation sites excluding steroid dienone is 1. The Bertz CT molecular complexity index is 1380. The van der Waals surface area contributed by atoms with E-state index >= 15 is 0 Å². The van der Waals surface area contributed by atoms with Crippen molar-refractivity contribution in [3.8, 4) is 11.3 Å². The molecule has 9 heteroatoms. The second kappa shape index (κ2) is 9.15. The van der Waals surface area contributed by atoms with E-state index in [1.54, 1.807) is 18.2 Å². The first-order chi connectivity index (χ1) is 15.8. The van der Waals surface area contributed by atoms with E-state index in [2.05, 4.69) is 0 Å². The van der Waals surface area contributed by atoms with Gasteiger partial charge in [0.05, 0.1) is 39.9 Å². The van der Waals surface area contributed by atoms with Crippen LogP contribution in [0.25, 0.3) is 22.6 Å². The number of carbonyl (C=O) groups excluding carboxylic acids is 1. The summed E-state index contributed by atoms with van der Waals surface area (Å²) in [7, 11) is 0. The van der Waals surface area contributed by atoms with Gasteiger partial charge in [-0.25, -0.2) is 10.8 Å². The van der Waals surface area contributed by atoms with Crippen molar-refractivity contribution in [2.24, 2.45) is 17.3 Å². The van der Waals surface area contributed by atoms with Crippen molar-refractivity contribution >= 4 is 40.5 Å². The fraction of sp³-hybridized carbons (Fsp3) is 0.0833. The summed E-state index contributed by atoms with van der Waals surface area (Å²) >= 11 is 12.1. The highest BCUT2D eigenvalue weighted by molar-refractivity contribution is 6.33. The lowest BCUT2D eigenvalue weighted by Gasteiger charge is -2.22. The number of amides is 1. The summed E-state index contributed by atoms with van der Waals surface area (Å²) in [5.74, 6) is 5.77. The Balaban J connectivity index is 1.76. The number of imidazole rings is 1. The monoisotopic (exact) mass is 480 g/mol. The van der Waals surface area contributed by atoms with Crippen LogP contribution in [0.15, 0.2) is 72.6 Å². The minimum atomic E-state index is -0.601. The minimum Gasteiger partial charge on any atom is -0.396 e. The standard InChI is InChI=1S/C24H22Cl2N6O/c1-14(32(29)13-15-5-10-19(26)18(12-15)24(28)33)21(27)23-22(16-6-8-17(25)9-7-16)30-20-4-2-3-11-31(20)23/h2-12H,13,27,29H2,1H3,(H2,28,33)/b21-14-. The van der Waals surface area contributed by atoms with E-state index in [1.807, 2.05) is 60.0 Å². The second-order valence-corrected chi connectivity index (χ2v) is 8.39. The molecule has 0 fully saturated rings. The summed E-state index contributed by atoms with van der Waals surface area (Å²) in [5, 5.41) is 2.44. The number of pyridine rings is 1. The van der Waals surface area contributed by atoms with Crippen molar-refractivity contribution in [1.82, 2.24) is 14.4 Å². The van der Waals surface area contributed by atoms with Crippen LogP contribution in [0.4, 0.5) is 0 Å². The normalized spacial score (nSPS) is 12.0. The van der Waals surface area contributed by atoms with Crippen molar-refractivity contribution in [3.63, 3.8) is 0 Å². The highest BCUT2D eigenvalue weighted by Crippen LogP contribution is 2.30. The molecule has 0 atom stereocenters. The number of aromatic nitrogens is 2. The van der Waals surface area contributed by atoms with Crippen molar-refractivity contribution in [1.29, 1.82) is 0 Å². The van der Waals surface area contributed by atoms with E-state index in [-0.39, 0.29) is 12.1 Å². The van der Waals surface area contributed by atoms with Gasteiger partial charge in [0.15, 0.2) is 0 Å². The lowest BCUT2D eigenvalue weighted by atomic mass is 10.1. The minimum absolute atomic E-state index is 0.240. The number of halogens is 2. The smallest absolute Gasteiger partial charge is 0.250 e. The molecule has 0 saturated heterocycles. The molecule has 0 aliphatic carbocycles. The van der Waals surface area contributed by atoms with E-state index < -0.39 is 5.91 Å². The first-order valence-corrected chi connectivity index (χ1v) is 10.8. The number of rotatable bonds is 6. The second-order valence-electron chi connectivity index (χ2n) is 7.55. The van der Waals surface area contributed by atoms with Crippen molar-refractivity contribution in [2.45, 2.75) is 13.5 Å². The zero-order valence-corrected chi connectivity index (χ0v) is 19.3. The molecule has 6 N–H and O–H groups in total. The summed E-state index contributed by atoms with van der Waals surface area (Å²) in [6.45, 7) is 2.12. The number of hydrogen-bond acceptors (Lipinski definition) is 5. The van der Waals surface area contributed by atoms with Crippen LogP contribution in [-0.4, -0.2) is 20.3 Å². The summed E-state index contributed by atoms with van der Waals surface area (Å²) < 4.78 is 1.92. The van der Waals surface area contributed by atoms with Gasteiger partial charge < -0.3 is 16.5 Å². The predicted molar refractivity (Wildman–Crippen MR) is 132 cm³/mol. The van der Waals surface area contributed by atoms with Crippen molar-refractivity contribution < 1.29 is 4.79 Å². The fourth-order valence-electron chi connectivity index (χ4n) is 3.56. The highest BCUT2D eigenvalue weighted by Gasteiger charge is 2.19. The molecule has 0 aliphatic rings. The molecule has 2 aromatic heterocycles. The lowest BCUT2D eigenvalue weighted by Crippen LogP contribution is -2.30. The molecular formula is C24H22Cl2N6O. The lowest BCUT2D eigenvalue weighted by molar-refractivity contribution is 0.1000. The number of benzene rings is 2. The third-order valence-corrected chi connectivity index (χ3v) is 5.95. The first kappa shape index (κ1) is 22.7. The van der Waals surface area contributed by atoms with Crippen LogP contribution in [0.3, 0.4) is 0 Å². The maximum Gasteiger partial charge on any atom is 0.250 e. The van der Waals surface area contributed by atoms with E-state index in [0.29, 0.717) is 27.1 Å². The molecule has 7 nitrogen and oxygen atoms in total. The largest absolute Gasteiger partial charge is 0.396 e. The van der Waals surface area contributed by atoms with Crippen LogP contribution in [0.2, 0.25) is 10.0 Å². The first-order valence-electron chi connectivity index (χ1n) is 10.1. The van der Waals surface area contributed by atoms with Gasteiger partial charge in [-0.3, -0.25) is 9.20 Å². The molecule has 2 aromatic carbocycles. The number of hydrogen-bond donors (Lipinski definition) is 3. The number of carbonyl (C=O) groups is 1. The topological polar surface area (TPSA) is 116 Å². The SMILES string of the molecule is C/C(=C(/N)c1c(-c2ccc(Cl)cc2)nc2ccccn12)N(N)Cc1ccc(Cl)c(C(N)=O)c1. The van der Waals surface area contributed by atoms with Gasteiger partial charge in [-0.15, -0.1) is 0 Å². The van der Waals surface area contributed by atoms with Gasteiger partial charge in [0, 0.05) is 16.8 Å². The zero-order valence-electron chi connectivity index (χ0n) is 17.8. The molecule has 0 radical (unpaired) electrons. The molecule has 0 saturated carbocycles. The quantitative estimate of drug-likeness (QED) is 0.278. The van der Waals surface area contributed by atoms with Gasteiger partial charge in [0.1, 0.15) is 5.65 Å². The van der Waals surface area contributed by atoms with Crippen molar-refractivity contribution in [2.75, 3.05) is 0 Å². The van der Waals surface area contributed by atoms with Gasteiger partial charge >= 0.3 is 0 Å². The van der Waals surface area contributed by atoms with E-state index in [9.17, 15) is 4.79 Å². The molecule has 2 heterocycles. The summed E-state index contributed by atoms with van der Waals surface area (Å²) in [6.07, 6.45) is 1.90. The van der Waals surface area contributed by atoms with E-state index in [4.69, 9.17) is 45.5 Å². The van der Waals surface area contributed by atoms with Crippen LogP contribution < -0.4 is 17.3 Å². The van der Waals surface area contributed by atoms with Crippen molar-refractivity contribution in [3.05, 3.63) is 99.4 Å². The third kappa shape index (κ3) is 4.52. The summed E-state index contributed by atoms with van der Waals surface area (Å²) in [5.41, 5.74) is 17.2. The Kier molecular flexibility index (Phi) is 6.29. The number of nitrogens with two attached hydrogens (primary N) is 3. The summed E-state index contributed by atoms with van der Waals surface area (Å²) in [4.78, 5) is 16.4. The van der Waals surface area contributed by atoms with E-state index in [1.165, 1.54) is 5.01 Å². The molecule has 1 amide bonds. The van der Waals surface area contributed by atoms with Gasteiger partial charge in [-0.05, 0) is 48.9 Å². The Morgan fingerprint density at radius 1 is 1.06 bits per heavy atom. The average molecular weight is 481 g/mol. The molecule has 168 valence electrons. The Morgan fingerprint density at radius 3 is 2.48 bits per heavy atom. The van der Waals surface area contributed by atoms with Crippen LogP contribution >= 0.6 is 23.2 Å². The van der Waals surface area contributed by atoms with E-state index in [0.717, 1.165) is 22.5 Å². The maximum absolute atomic E-state index is 11.6. The van der Waals surface area contributed by atoms with Gasteiger partial charge in [-0.1, -0.05) is 47.5 Å². The van der Waals surface area contributed by atoms with Crippen LogP contribution in [0.5, 0.6) is 0 Å². The molecule has 4 aromatic rings. The molecule has 33 heavy (non-hydrogen) atoms. The molecule has 0 unspecified atom stereocenters. The molecule has 0 aliphatic heterocycles. The third-order valence-electron chi connectivity index (χ3n) is 5.37. The molecule has 0 spiro atoms. The van der Waals surface area contributed by atoms with Crippen LogP contribution in [0.1, 0.15) is 28.5 Å². The predicted octanol–water partition coefficient (Wildman–Crippen LogP) is 4.43. The summed E-state index contributed by atoms with van der Waals surface area (Å²) in [6, 6.07) is 18.2. The number of nitrogens with zero attached hydrogens (tertiary/aromatic N) is 3. The average Bonchev–Trinajstić information content (AvgIpc) is 3.19. The van der Waals surface area contributed by atoms with Gasteiger partial charge in [0.2, 0.25) is 5.91 Å². The van der Waals surface area contributed by atoms with Gasteiger partial charge in [0.25, 0.3) is 0 Å².